The number of hydrogen-bond acceptors (Lipinski definition) is 5. The Hall–Kier alpha value is -1.83. The van der Waals surface area contributed by atoms with Gasteiger partial charge in [0.05, 0.1) is 13.1 Å². The lowest BCUT2D eigenvalue weighted by molar-refractivity contribution is -0.869. The standard InChI is InChI=1S/C23H36N2O5/c1-2-3-4-5-6-9-22(26)24-19(17-25(28)12-7-8-13-25)23(27)18-10-11-20-21(16-18)30-15-14-29-20/h10-11,16,19,23,27H,2-9,12-15,17H2,1H3,(H,24,26)/t19-,23-/m1/s1. The molecule has 0 unspecified atom stereocenters. The largest absolute Gasteiger partial charge is 0.633 e. The molecule has 0 radical (unpaired) electrons. The number of hydrogen-bond donors (Lipinski definition) is 2. The molecule has 1 amide bonds. The molecular formula is C23H36N2O5. The van der Waals surface area contributed by atoms with E-state index in [4.69, 9.17) is 9.47 Å². The molecule has 0 saturated carbocycles. The Balaban J connectivity index is 1.66. The fraction of sp³-hybridized carbons (Fsp3) is 0.696. The van der Waals surface area contributed by atoms with Crippen molar-refractivity contribution in [2.24, 2.45) is 0 Å². The highest BCUT2D eigenvalue weighted by Gasteiger charge is 2.33. The van der Waals surface area contributed by atoms with Crippen molar-refractivity contribution < 1.29 is 24.0 Å². The lowest BCUT2D eigenvalue weighted by Crippen LogP contribution is -2.53. The van der Waals surface area contributed by atoms with Gasteiger partial charge in [-0.3, -0.25) is 4.79 Å². The number of ether oxygens (including phenoxy) is 2. The van der Waals surface area contributed by atoms with Gasteiger partial charge in [-0.25, -0.2) is 0 Å². The van der Waals surface area contributed by atoms with E-state index >= 15 is 0 Å². The molecule has 7 heteroatoms. The summed E-state index contributed by atoms with van der Waals surface area (Å²) < 4.78 is 10.8. The number of fused-ring (bicyclic) bond motifs is 1. The van der Waals surface area contributed by atoms with E-state index < -0.39 is 12.1 Å². The molecular weight excluding hydrogens is 384 g/mol. The third kappa shape index (κ3) is 6.33. The number of aliphatic hydroxyl groups excluding tert-OH is 1. The second-order valence-electron chi connectivity index (χ2n) is 8.58. The average Bonchev–Trinajstić information content (AvgIpc) is 3.18. The number of amides is 1. The summed E-state index contributed by atoms with van der Waals surface area (Å²) in [6, 6.07) is 4.67. The molecule has 3 rings (SSSR count). The van der Waals surface area contributed by atoms with Crippen LogP contribution in [0.1, 0.15) is 70.0 Å². The topological polar surface area (TPSA) is 90.9 Å². The Morgan fingerprint density at radius 1 is 1.13 bits per heavy atom. The Bertz CT molecular complexity index is 690. The first-order valence-corrected chi connectivity index (χ1v) is 11.4. The maximum atomic E-state index is 13.0. The predicted octanol–water partition coefficient (Wildman–Crippen LogP) is 3.44. The number of rotatable bonds is 11. The van der Waals surface area contributed by atoms with E-state index in [2.05, 4.69) is 12.2 Å². The molecule has 168 valence electrons. The second-order valence-corrected chi connectivity index (χ2v) is 8.58. The van der Waals surface area contributed by atoms with Crippen LogP contribution in [0, 0.1) is 5.21 Å². The van der Waals surface area contributed by atoms with Crippen molar-refractivity contribution >= 4 is 5.91 Å². The Kier molecular flexibility index (Phi) is 8.36. The van der Waals surface area contributed by atoms with Gasteiger partial charge in [-0.2, -0.15) is 0 Å². The highest BCUT2D eigenvalue weighted by atomic mass is 16.6. The molecule has 0 aliphatic carbocycles. The van der Waals surface area contributed by atoms with E-state index in [-0.39, 0.29) is 17.1 Å². The summed E-state index contributed by atoms with van der Waals surface area (Å²) in [7, 11) is 0. The van der Waals surface area contributed by atoms with E-state index in [1.807, 2.05) is 0 Å². The van der Waals surface area contributed by atoms with Gasteiger partial charge in [-0.15, -0.1) is 0 Å². The summed E-state index contributed by atoms with van der Waals surface area (Å²) in [5.41, 5.74) is 0.623. The predicted molar refractivity (Wildman–Crippen MR) is 115 cm³/mol. The van der Waals surface area contributed by atoms with Crippen LogP contribution in [-0.4, -0.2) is 54.5 Å². The Labute approximate surface area is 179 Å². The van der Waals surface area contributed by atoms with Gasteiger partial charge in [0.15, 0.2) is 11.5 Å². The van der Waals surface area contributed by atoms with Gasteiger partial charge in [-0.05, 0) is 24.1 Å². The molecule has 2 atom stereocenters. The van der Waals surface area contributed by atoms with Crippen LogP contribution in [0.15, 0.2) is 18.2 Å². The number of carbonyl (C=O) groups is 1. The zero-order valence-electron chi connectivity index (χ0n) is 18.1. The summed E-state index contributed by atoms with van der Waals surface area (Å²) in [5.74, 6) is 1.14. The van der Waals surface area contributed by atoms with Crippen LogP contribution >= 0.6 is 0 Å². The van der Waals surface area contributed by atoms with Crippen molar-refractivity contribution in [3.8, 4) is 11.5 Å². The summed E-state index contributed by atoms with van der Waals surface area (Å²) >= 11 is 0. The lowest BCUT2D eigenvalue weighted by atomic mass is 10.00. The summed E-state index contributed by atoms with van der Waals surface area (Å²) in [4.78, 5) is 12.6. The van der Waals surface area contributed by atoms with Crippen LogP contribution in [0.3, 0.4) is 0 Å². The van der Waals surface area contributed by atoms with Crippen LogP contribution < -0.4 is 14.8 Å². The first-order valence-electron chi connectivity index (χ1n) is 11.4. The number of nitrogens with one attached hydrogen (secondary N) is 1. The molecule has 2 aliphatic heterocycles. The lowest BCUT2D eigenvalue weighted by Gasteiger charge is -2.42. The maximum Gasteiger partial charge on any atom is 0.220 e. The molecule has 2 N–H and O–H groups in total. The van der Waals surface area contributed by atoms with Crippen LogP contribution in [0.4, 0.5) is 0 Å². The molecule has 7 nitrogen and oxygen atoms in total. The van der Waals surface area contributed by atoms with E-state index in [0.29, 0.717) is 49.8 Å². The fourth-order valence-corrected chi connectivity index (χ4v) is 4.32. The third-order valence-electron chi connectivity index (χ3n) is 6.05. The number of nitrogens with zero attached hydrogens (tertiary/aromatic N) is 1. The highest BCUT2D eigenvalue weighted by Crippen LogP contribution is 2.34. The molecule has 2 heterocycles. The molecule has 1 aromatic carbocycles. The third-order valence-corrected chi connectivity index (χ3v) is 6.05. The van der Waals surface area contributed by atoms with Gasteiger partial charge in [0.1, 0.15) is 31.9 Å². The van der Waals surface area contributed by atoms with Gasteiger partial charge in [-0.1, -0.05) is 38.7 Å². The SMILES string of the molecule is CCCCCCCC(=O)N[C@H](C[N+]1([O-])CCCC1)[C@H](O)c1ccc2c(c1)OCCO2. The normalized spacial score (nSPS) is 19.3. The number of unbranched alkanes of at least 4 members (excludes halogenated alkanes) is 4. The minimum atomic E-state index is -0.977. The van der Waals surface area contributed by atoms with Crippen molar-refractivity contribution in [3.63, 3.8) is 0 Å². The second kappa shape index (κ2) is 11.0. The van der Waals surface area contributed by atoms with Crippen LogP contribution in [0.2, 0.25) is 0 Å². The fourth-order valence-electron chi connectivity index (χ4n) is 4.32. The summed E-state index contributed by atoms with van der Waals surface area (Å²) in [6.45, 7) is 4.38. The number of likely N-dealkylation sites (tertiary alicyclic amines) is 1. The molecule has 2 aliphatic rings. The van der Waals surface area contributed by atoms with Crippen LogP contribution in [0.5, 0.6) is 11.5 Å². The number of quaternary nitrogens is 1. The van der Waals surface area contributed by atoms with Crippen molar-refractivity contribution in [1.82, 2.24) is 5.32 Å². The molecule has 1 saturated heterocycles. The van der Waals surface area contributed by atoms with E-state index in [1.54, 1.807) is 18.2 Å². The van der Waals surface area contributed by atoms with Gasteiger partial charge in [0.25, 0.3) is 0 Å². The quantitative estimate of drug-likeness (QED) is 0.325. The molecule has 0 bridgehead atoms. The number of benzene rings is 1. The molecule has 0 spiro atoms. The first kappa shape index (κ1) is 22.8. The zero-order chi connectivity index (χ0) is 21.4. The summed E-state index contributed by atoms with van der Waals surface area (Å²) in [5, 5.41) is 27.1. The zero-order valence-corrected chi connectivity index (χ0v) is 18.1. The minimum absolute atomic E-state index is 0.0983. The molecule has 1 aromatic rings. The van der Waals surface area contributed by atoms with Gasteiger partial charge in [0.2, 0.25) is 5.91 Å². The smallest absolute Gasteiger partial charge is 0.220 e. The van der Waals surface area contributed by atoms with E-state index in [0.717, 1.165) is 32.1 Å². The van der Waals surface area contributed by atoms with Crippen LogP contribution in [-0.2, 0) is 4.79 Å². The van der Waals surface area contributed by atoms with Gasteiger partial charge >= 0.3 is 0 Å². The Morgan fingerprint density at radius 3 is 2.57 bits per heavy atom. The Morgan fingerprint density at radius 2 is 1.83 bits per heavy atom. The van der Waals surface area contributed by atoms with Crippen molar-refractivity contribution in [3.05, 3.63) is 29.0 Å². The molecule has 0 aromatic heterocycles. The molecule has 30 heavy (non-hydrogen) atoms. The number of aliphatic hydroxyl groups is 1. The van der Waals surface area contributed by atoms with Crippen molar-refractivity contribution in [1.29, 1.82) is 0 Å². The summed E-state index contributed by atoms with van der Waals surface area (Å²) in [6.07, 6.45) is 6.57. The minimum Gasteiger partial charge on any atom is -0.633 e. The monoisotopic (exact) mass is 420 g/mol. The van der Waals surface area contributed by atoms with Gasteiger partial charge < -0.3 is 29.8 Å². The first-order chi connectivity index (χ1) is 14.5. The van der Waals surface area contributed by atoms with E-state index in [9.17, 15) is 15.1 Å². The van der Waals surface area contributed by atoms with Crippen molar-refractivity contribution in [2.75, 3.05) is 32.8 Å². The maximum absolute atomic E-state index is 13.0. The average molecular weight is 421 g/mol. The number of hydroxylamine groups is 3. The van der Waals surface area contributed by atoms with Crippen LogP contribution in [0.25, 0.3) is 0 Å². The molecule has 1 fully saturated rings. The van der Waals surface area contributed by atoms with E-state index in [1.165, 1.54) is 12.8 Å². The highest BCUT2D eigenvalue weighted by molar-refractivity contribution is 5.76. The van der Waals surface area contributed by atoms with Gasteiger partial charge in [0, 0.05) is 19.3 Å². The number of carbonyl (C=O) groups excluding carboxylic acids is 1. The van der Waals surface area contributed by atoms with Crippen molar-refractivity contribution in [2.45, 2.75) is 70.4 Å².